The lowest BCUT2D eigenvalue weighted by Crippen LogP contribution is -2.22. The van der Waals surface area contributed by atoms with Crippen LogP contribution < -0.4 is 10.3 Å². The van der Waals surface area contributed by atoms with Gasteiger partial charge < -0.3 is 9.26 Å². The molecule has 7 nitrogen and oxygen atoms in total. The number of hydrogen-bond donors (Lipinski definition) is 0. The molecular formula is C20H18N4O3S. The van der Waals surface area contributed by atoms with E-state index in [1.165, 1.54) is 11.8 Å². The lowest BCUT2D eigenvalue weighted by molar-refractivity contribution is 0.385. The standard InChI is InChI=1S/C20H18N4O3S/c1-3-17-22-18(27-23-17)12-28-20-21-14-9-5-4-8-13(14)19(25)24(20)15-10-6-7-11-16(15)26-2/h4-11H,3,12H2,1-2H3. The van der Waals surface area contributed by atoms with E-state index in [0.717, 1.165) is 0 Å². The van der Waals surface area contributed by atoms with Crippen molar-refractivity contribution in [1.82, 2.24) is 19.7 Å². The number of fused-ring (bicyclic) bond motifs is 1. The summed E-state index contributed by atoms with van der Waals surface area (Å²) >= 11 is 1.37. The van der Waals surface area contributed by atoms with E-state index in [0.29, 0.717) is 51.4 Å². The maximum absolute atomic E-state index is 13.3. The van der Waals surface area contributed by atoms with Crippen molar-refractivity contribution < 1.29 is 9.26 Å². The summed E-state index contributed by atoms with van der Waals surface area (Å²) in [5.41, 5.74) is 1.12. The summed E-state index contributed by atoms with van der Waals surface area (Å²) in [5.74, 6) is 2.15. The lowest BCUT2D eigenvalue weighted by atomic mass is 10.2. The summed E-state index contributed by atoms with van der Waals surface area (Å²) in [5, 5.41) is 4.99. The van der Waals surface area contributed by atoms with Gasteiger partial charge in [-0.2, -0.15) is 4.98 Å². The van der Waals surface area contributed by atoms with Crippen molar-refractivity contribution >= 4 is 22.7 Å². The summed E-state index contributed by atoms with van der Waals surface area (Å²) < 4.78 is 12.3. The SMILES string of the molecule is CCc1noc(CSc2nc3ccccc3c(=O)n2-c2ccccc2OC)n1. The fraction of sp³-hybridized carbons (Fsp3) is 0.200. The lowest BCUT2D eigenvalue weighted by Gasteiger charge is -2.15. The number of ether oxygens (including phenoxy) is 1. The van der Waals surface area contributed by atoms with Crippen molar-refractivity contribution in [2.75, 3.05) is 7.11 Å². The molecule has 0 aliphatic heterocycles. The van der Waals surface area contributed by atoms with Crippen LogP contribution in [0.15, 0.2) is 63.0 Å². The van der Waals surface area contributed by atoms with E-state index in [-0.39, 0.29) is 5.56 Å². The summed E-state index contributed by atoms with van der Waals surface area (Å²) in [6.45, 7) is 1.96. The zero-order valence-electron chi connectivity index (χ0n) is 15.5. The van der Waals surface area contributed by atoms with Gasteiger partial charge in [-0.05, 0) is 24.3 Å². The van der Waals surface area contributed by atoms with E-state index in [2.05, 4.69) is 10.1 Å². The molecule has 0 aliphatic rings. The van der Waals surface area contributed by atoms with E-state index < -0.39 is 0 Å². The minimum Gasteiger partial charge on any atom is -0.495 e. The van der Waals surface area contributed by atoms with Crippen LogP contribution in [0.1, 0.15) is 18.6 Å². The summed E-state index contributed by atoms with van der Waals surface area (Å²) in [7, 11) is 1.58. The molecule has 4 aromatic rings. The van der Waals surface area contributed by atoms with Gasteiger partial charge in [-0.3, -0.25) is 9.36 Å². The first-order valence-corrected chi connectivity index (χ1v) is 9.79. The van der Waals surface area contributed by atoms with Gasteiger partial charge in [0, 0.05) is 6.42 Å². The van der Waals surface area contributed by atoms with Gasteiger partial charge in [0.25, 0.3) is 5.56 Å². The molecule has 0 atom stereocenters. The van der Waals surface area contributed by atoms with Crippen LogP contribution in [0, 0.1) is 0 Å². The van der Waals surface area contributed by atoms with Crippen LogP contribution in [-0.2, 0) is 12.2 Å². The molecule has 0 aliphatic carbocycles. The number of rotatable bonds is 6. The van der Waals surface area contributed by atoms with Crippen molar-refractivity contribution in [2.45, 2.75) is 24.3 Å². The molecule has 2 aromatic heterocycles. The topological polar surface area (TPSA) is 83.0 Å². The molecule has 8 heteroatoms. The van der Waals surface area contributed by atoms with Gasteiger partial charge in [0.15, 0.2) is 11.0 Å². The minimum absolute atomic E-state index is 0.155. The second-order valence-corrected chi connectivity index (χ2v) is 6.91. The number of hydrogen-bond acceptors (Lipinski definition) is 7. The van der Waals surface area contributed by atoms with Crippen LogP contribution in [-0.4, -0.2) is 26.8 Å². The van der Waals surface area contributed by atoms with Crippen LogP contribution in [0.2, 0.25) is 0 Å². The molecular weight excluding hydrogens is 376 g/mol. The molecule has 0 radical (unpaired) electrons. The molecule has 142 valence electrons. The van der Waals surface area contributed by atoms with E-state index in [4.69, 9.17) is 14.2 Å². The summed E-state index contributed by atoms with van der Waals surface area (Å²) in [6, 6.07) is 14.7. The van der Waals surface area contributed by atoms with Gasteiger partial charge >= 0.3 is 0 Å². The van der Waals surface area contributed by atoms with Crippen molar-refractivity contribution in [3.8, 4) is 11.4 Å². The van der Waals surface area contributed by atoms with Crippen LogP contribution in [0.5, 0.6) is 5.75 Å². The number of thioether (sulfide) groups is 1. The Labute approximate surface area is 165 Å². The number of para-hydroxylation sites is 3. The normalized spacial score (nSPS) is 11.1. The highest BCUT2D eigenvalue weighted by atomic mass is 32.2. The smallest absolute Gasteiger partial charge is 0.266 e. The maximum Gasteiger partial charge on any atom is 0.266 e. The Morgan fingerprint density at radius 1 is 1.11 bits per heavy atom. The average Bonchev–Trinajstić information content (AvgIpc) is 3.20. The Kier molecular flexibility index (Phi) is 5.12. The largest absolute Gasteiger partial charge is 0.495 e. The van der Waals surface area contributed by atoms with Gasteiger partial charge in [-0.1, -0.05) is 48.1 Å². The Bertz CT molecular complexity index is 1190. The second-order valence-electron chi connectivity index (χ2n) is 5.97. The Morgan fingerprint density at radius 3 is 2.68 bits per heavy atom. The summed E-state index contributed by atoms with van der Waals surface area (Å²) in [4.78, 5) is 22.3. The number of aromatic nitrogens is 4. The summed E-state index contributed by atoms with van der Waals surface area (Å²) in [6.07, 6.45) is 0.703. The van der Waals surface area contributed by atoms with E-state index in [1.807, 2.05) is 49.4 Å². The van der Waals surface area contributed by atoms with E-state index in [1.54, 1.807) is 17.7 Å². The molecule has 28 heavy (non-hydrogen) atoms. The Hall–Kier alpha value is -3.13. The van der Waals surface area contributed by atoms with Crippen molar-refractivity contribution in [1.29, 1.82) is 0 Å². The number of nitrogens with zero attached hydrogens (tertiary/aromatic N) is 4. The van der Waals surface area contributed by atoms with Crippen LogP contribution in [0.4, 0.5) is 0 Å². The molecule has 4 rings (SSSR count). The molecule has 0 saturated heterocycles. The van der Waals surface area contributed by atoms with Gasteiger partial charge in [-0.25, -0.2) is 4.98 Å². The number of aryl methyl sites for hydroxylation is 1. The minimum atomic E-state index is -0.155. The highest BCUT2D eigenvalue weighted by Gasteiger charge is 2.17. The zero-order chi connectivity index (χ0) is 19.5. The van der Waals surface area contributed by atoms with Crippen molar-refractivity contribution in [3.63, 3.8) is 0 Å². The van der Waals surface area contributed by atoms with E-state index >= 15 is 0 Å². The third-order valence-corrected chi connectivity index (χ3v) is 5.15. The number of benzene rings is 2. The fourth-order valence-corrected chi connectivity index (χ4v) is 3.70. The fourth-order valence-electron chi connectivity index (χ4n) is 2.85. The molecule has 0 bridgehead atoms. The van der Waals surface area contributed by atoms with Gasteiger partial charge in [-0.15, -0.1) is 0 Å². The Morgan fingerprint density at radius 2 is 1.89 bits per heavy atom. The third kappa shape index (κ3) is 3.38. The zero-order valence-corrected chi connectivity index (χ0v) is 16.3. The van der Waals surface area contributed by atoms with E-state index in [9.17, 15) is 4.79 Å². The maximum atomic E-state index is 13.3. The predicted molar refractivity (Wildman–Crippen MR) is 107 cm³/mol. The van der Waals surface area contributed by atoms with Crippen LogP contribution in [0.3, 0.4) is 0 Å². The first-order valence-electron chi connectivity index (χ1n) is 8.80. The first kappa shape index (κ1) is 18.2. The molecule has 2 aromatic carbocycles. The van der Waals surface area contributed by atoms with Crippen LogP contribution >= 0.6 is 11.8 Å². The highest BCUT2D eigenvalue weighted by molar-refractivity contribution is 7.98. The van der Waals surface area contributed by atoms with Crippen molar-refractivity contribution in [2.24, 2.45) is 0 Å². The molecule has 0 N–H and O–H groups in total. The molecule has 0 fully saturated rings. The molecule has 0 saturated carbocycles. The average molecular weight is 394 g/mol. The van der Waals surface area contributed by atoms with Crippen molar-refractivity contribution in [3.05, 3.63) is 70.6 Å². The first-order chi connectivity index (χ1) is 13.7. The van der Waals surface area contributed by atoms with Crippen LogP contribution in [0.25, 0.3) is 16.6 Å². The quantitative estimate of drug-likeness (QED) is 0.365. The van der Waals surface area contributed by atoms with Gasteiger partial charge in [0.05, 0.1) is 29.5 Å². The molecule has 0 amide bonds. The number of methoxy groups -OCH3 is 1. The Balaban J connectivity index is 1.84. The molecule has 0 spiro atoms. The van der Waals surface area contributed by atoms with Gasteiger partial charge in [0.1, 0.15) is 5.75 Å². The predicted octanol–water partition coefficient (Wildman–Crippen LogP) is 3.63. The highest BCUT2D eigenvalue weighted by Crippen LogP contribution is 2.28. The third-order valence-electron chi connectivity index (χ3n) is 4.22. The second kappa shape index (κ2) is 7.85. The molecule has 2 heterocycles. The van der Waals surface area contributed by atoms with Gasteiger partial charge in [0.2, 0.25) is 5.89 Å². The monoisotopic (exact) mass is 394 g/mol. The molecule has 0 unspecified atom stereocenters.